The molecule has 0 aliphatic carbocycles. The zero-order valence-electron chi connectivity index (χ0n) is 6.57. The van der Waals surface area contributed by atoms with Crippen molar-refractivity contribution in [1.82, 2.24) is 0 Å². The van der Waals surface area contributed by atoms with E-state index in [0.29, 0.717) is 0 Å². The van der Waals surface area contributed by atoms with E-state index in [-0.39, 0.29) is 37.5 Å². The predicted octanol–water partition coefficient (Wildman–Crippen LogP) is 1.18. The van der Waals surface area contributed by atoms with Gasteiger partial charge in [-0.1, -0.05) is 12.1 Å². The van der Waals surface area contributed by atoms with Gasteiger partial charge in [-0.3, -0.25) is 0 Å². The largest absolute Gasteiger partial charge is 0.507 e. The summed E-state index contributed by atoms with van der Waals surface area (Å²) < 4.78 is 4.42. The molecule has 0 aliphatic rings. The number of carbonyl (C=O) groups is 1. The number of esters is 1. The molecule has 1 aromatic rings. The SMILES string of the molecule is COC(=O)c1ccccc1O.[Zr]. The summed E-state index contributed by atoms with van der Waals surface area (Å²) in [5, 5.41) is 9.11. The van der Waals surface area contributed by atoms with Crippen LogP contribution in [0, 0.1) is 0 Å². The average molecular weight is 243 g/mol. The monoisotopic (exact) mass is 242 g/mol. The first-order chi connectivity index (χ1) is 5.25. The van der Waals surface area contributed by atoms with Crippen LogP contribution in [0.25, 0.3) is 0 Å². The maximum Gasteiger partial charge on any atom is 0.341 e. The molecule has 0 bridgehead atoms. The fourth-order valence-electron chi connectivity index (χ4n) is 0.756. The zero-order chi connectivity index (χ0) is 8.27. The van der Waals surface area contributed by atoms with Crippen molar-refractivity contribution in [2.75, 3.05) is 7.11 Å². The van der Waals surface area contributed by atoms with Gasteiger partial charge in [-0.25, -0.2) is 4.79 Å². The summed E-state index contributed by atoms with van der Waals surface area (Å²) in [5.41, 5.74) is 0.190. The van der Waals surface area contributed by atoms with E-state index in [1.54, 1.807) is 12.1 Å². The van der Waals surface area contributed by atoms with Crippen LogP contribution in [0.5, 0.6) is 5.75 Å². The zero-order valence-corrected chi connectivity index (χ0v) is 9.03. The first kappa shape index (κ1) is 11.4. The van der Waals surface area contributed by atoms with Crippen LogP contribution in [0.3, 0.4) is 0 Å². The fraction of sp³-hybridized carbons (Fsp3) is 0.125. The first-order valence-corrected chi connectivity index (χ1v) is 3.12. The van der Waals surface area contributed by atoms with Gasteiger partial charge in [-0.15, -0.1) is 0 Å². The van der Waals surface area contributed by atoms with Crippen molar-refractivity contribution in [3.8, 4) is 5.75 Å². The first-order valence-electron chi connectivity index (χ1n) is 3.12. The number of phenols is 1. The Morgan fingerprint density at radius 1 is 1.42 bits per heavy atom. The van der Waals surface area contributed by atoms with E-state index in [2.05, 4.69) is 4.74 Å². The Kier molecular flexibility index (Phi) is 4.83. The second-order valence-corrected chi connectivity index (χ2v) is 2.01. The molecular weight excluding hydrogens is 235 g/mol. The van der Waals surface area contributed by atoms with E-state index >= 15 is 0 Å². The van der Waals surface area contributed by atoms with Crippen molar-refractivity contribution in [2.24, 2.45) is 0 Å². The number of hydrogen-bond donors (Lipinski definition) is 1. The second kappa shape index (κ2) is 5.10. The maximum atomic E-state index is 10.9. The maximum absolute atomic E-state index is 10.9. The molecule has 12 heavy (non-hydrogen) atoms. The van der Waals surface area contributed by atoms with Gasteiger partial charge >= 0.3 is 5.97 Å². The summed E-state index contributed by atoms with van der Waals surface area (Å²) in [6.45, 7) is 0. The third kappa shape index (κ3) is 2.45. The molecule has 0 radical (unpaired) electrons. The molecule has 0 saturated carbocycles. The van der Waals surface area contributed by atoms with Crippen molar-refractivity contribution in [2.45, 2.75) is 0 Å². The summed E-state index contributed by atoms with van der Waals surface area (Å²) >= 11 is 0. The summed E-state index contributed by atoms with van der Waals surface area (Å²) in [6.07, 6.45) is 0. The van der Waals surface area contributed by atoms with Crippen LogP contribution in [-0.2, 0) is 30.9 Å². The van der Waals surface area contributed by atoms with Crippen LogP contribution in [0.1, 0.15) is 10.4 Å². The van der Waals surface area contributed by atoms with E-state index < -0.39 is 5.97 Å². The molecule has 0 saturated heterocycles. The molecular formula is C8H8O3Zr. The van der Waals surface area contributed by atoms with Crippen LogP contribution in [0.4, 0.5) is 0 Å². The number of aromatic hydroxyl groups is 1. The van der Waals surface area contributed by atoms with E-state index in [0.717, 1.165) is 0 Å². The van der Waals surface area contributed by atoms with Gasteiger partial charge < -0.3 is 9.84 Å². The second-order valence-electron chi connectivity index (χ2n) is 2.01. The number of benzene rings is 1. The number of ether oxygens (including phenoxy) is 1. The summed E-state index contributed by atoms with van der Waals surface area (Å²) in [4.78, 5) is 10.9. The number of para-hydroxylation sites is 1. The third-order valence-electron chi connectivity index (χ3n) is 1.31. The Morgan fingerprint density at radius 2 is 2.00 bits per heavy atom. The van der Waals surface area contributed by atoms with Crippen LogP contribution < -0.4 is 0 Å². The molecule has 3 nitrogen and oxygen atoms in total. The normalized spacial score (nSPS) is 8.42. The molecule has 0 amide bonds. The van der Waals surface area contributed by atoms with Gasteiger partial charge in [-0.05, 0) is 12.1 Å². The Labute approximate surface area is 89.5 Å². The third-order valence-corrected chi connectivity index (χ3v) is 1.31. The van der Waals surface area contributed by atoms with Crippen molar-refractivity contribution >= 4 is 5.97 Å². The molecule has 0 heterocycles. The number of rotatable bonds is 1. The van der Waals surface area contributed by atoms with Crippen LogP contribution in [0.15, 0.2) is 24.3 Å². The van der Waals surface area contributed by atoms with Gasteiger partial charge in [0.15, 0.2) is 0 Å². The smallest absolute Gasteiger partial charge is 0.341 e. The Balaban J connectivity index is 0.00000121. The minimum absolute atomic E-state index is 0. The Bertz CT molecular complexity index is 273. The standard InChI is InChI=1S/C8H8O3.Zr/c1-11-8(10)6-4-2-3-5-7(6)9;/h2-5,9H,1H3;. The minimum Gasteiger partial charge on any atom is -0.507 e. The fourth-order valence-corrected chi connectivity index (χ4v) is 0.756. The topological polar surface area (TPSA) is 46.5 Å². The van der Waals surface area contributed by atoms with Crippen molar-refractivity contribution in [1.29, 1.82) is 0 Å². The van der Waals surface area contributed by atoms with Gasteiger partial charge in [0.05, 0.1) is 7.11 Å². The van der Waals surface area contributed by atoms with Gasteiger partial charge in [0.2, 0.25) is 0 Å². The van der Waals surface area contributed by atoms with E-state index in [9.17, 15) is 4.79 Å². The number of hydrogen-bond acceptors (Lipinski definition) is 3. The van der Waals surface area contributed by atoms with Crippen molar-refractivity contribution in [3.63, 3.8) is 0 Å². The van der Waals surface area contributed by atoms with Gasteiger partial charge in [0.25, 0.3) is 0 Å². The number of carbonyl (C=O) groups excluding carboxylic acids is 1. The Hall–Kier alpha value is -0.627. The van der Waals surface area contributed by atoms with Crippen molar-refractivity contribution < 1.29 is 40.8 Å². The van der Waals surface area contributed by atoms with Crippen molar-refractivity contribution in [3.05, 3.63) is 29.8 Å². The summed E-state index contributed by atoms with van der Waals surface area (Å²) in [6, 6.07) is 6.24. The summed E-state index contributed by atoms with van der Waals surface area (Å²) in [5.74, 6) is -0.581. The van der Waals surface area contributed by atoms with Gasteiger partial charge in [0.1, 0.15) is 11.3 Å². The molecule has 0 fully saturated rings. The molecule has 1 aromatic carbocycles. The molecule has 1 N–H and O–H groups in total. The predicted molar refractivity (Wildman–Crippen MR) is 39.4 cm³/mol. The molecule has 0 unspecified atom stereocenters. The molecule has 1 rings (SSSR count). The molecule has 0 spiro atoms. The van der Waals surface area contributed by atoms with Gasteiger partial charge in [-0.2, -0.15) is 0 Å². The average Bonchev–Trinajstić information content (AvgIpc) is 2.04. The molecule has 62 valence electrons. The number of methoxy groups -OCH3 is 1. The molecule has 0 atom stereocenters. The molecule has 4 heteroatoms. The summed E-state index contributed by atoms with van der Waals surface area (Å²) in [7, 11) is 1.27. The van der Waals surface area contributed by atoms with E-state index in [1.165, 1.54) is 19.2 Å². The van der Waals surface area contributed by atoms with Crippen LogP contribution >= 0.6 is 0 Å². The van der Waals surface area contributed by atoms with Crippen LogP contribution in [-0.4, -0.2) is 18.2 Å². The van der Waals surface area contributed by atoms with Gasteiger partial charge in [0, 0.05) is 26.2 Å². The quantitative estimate of drug-likeness (QED) is 0.753. The molecule has 0 aromatic heterocycles. The number of phenolic OH excluding ortho intramolecular Hbond substituents is 1. The van der Waals surface area contributed by atoms with Crippen LogP contribution in [0.2, 0.25) is 0 Å². The Morgan fingerprint density at radius 3 is 2.50 bits per heavy atom. The minimum atomic E-state index is -0.525. The van der Waals surface area contributed by atoms with E-state index in [1.807, 2.05) is 0 Å². The van der Waals surface area contributed by atoms with E-state index in [4.69, 9.17) is 5.11 Å². The molecule has 0 aliphatic heterocycles.